The number of aromatic nitrogens is 2. The highest BCUT2D eigenvalue weighted by Gasteiger charge is 2.07. The smallest absolute Gasteiger partial charge is 0.240 e. The van der Waals surface area contributed by atoms with Gasteiger partial charge < -0.3 is 4.74 Å². The first-order valence-corrected chi connectivity index (χ1v) is 5.41. The summed E-state index contributed by atoms with van der Waals surface area (Å²) in [4.78, 5) is 7.88. The fourth-order valence-corrected chi connectivity index (χ4v) is 1.38. The molecule has 0 aliphatic heterocycles. The Balaban J connectivity index is 2.25. The number of halogens is 2. The van der Waals surface area contributed by atoms with E-state index in [1.165, 1.54) is 30.5 Å². The summed E-state index contributed by atoms with van der Waals surface area (Å²) in [5.74, 6) is 5.84. The van der Waals surface area contributed by atoms with Crippen LogP contribution in [0.15, 0.2) is 34.9 Å². The molecule has 17 heavy (non-hydrogen) atoms. The topological polar surface area (TPSA) is 73.1 Å². The van der Waals surface area contributed by atoms with Gasteiger partial charge in [0.15, 0.2) is 0 Å². The second kappa shape index (κ2) is 5.07. The summed E-state index contributed by atoms with van der Waals surface area (Å²) in [6, 6.07) is 5.60. The molecule has 0 saturated heterocycles. The van der Waals surface area contributed by atoms with Gasteiger partial charge in [-0.15, -0.1) is 0 Å². The molecule has 0 atom stereocenters. The van der Waals surface area contributed by atoms with Crippen molar-refractivity contribution < 1.29 is 9.13 Å². The minimum absolute atomic E-state index is 0.227. The van der Waals surface area contributed by atoms with Crippen molar-refractivity contribution in [1.82, 2.24) is 9.97 Å². The lowest BCUT2D eigenvalue weighted by molar-refractivity contribution is 0.457. The van der Waals surface area contributed by atoms with E-state index in [-0.39, 0.29) is 11.8 Å². The van der Waals surface area contributed by atoms with Gasteiger partial charge in [0.25, 0.3) is 0 Å². The summed E-state index contributed by atoms with van der Waals surface area (Å²) in [5.41, 5.74) is 2.31. The number of hydrogen-bond acceptors (Lipinski definition) is 5. The fourth-order valence-electron chi connectivity index (χ4n) is 1.11. The Labute approximate surface area is 105 Å². The second-order valence-corrected chi connectivity index (χ2v) is 3.90. The molecule has 0 radical (unpaired) electrons. The van der Waals surface area contributed by atoms with Crippen LogP contribution in [0, 0.1) is 5.82 Å². The first kappa shape index (κ1) is 11.7. The highest BCUT2D eigenvalue weighted by Crippen LogP contribution is 2.27. The lowest BCUT2D eigenvalue weighted by Gasteiger charge is -2.07. The van der Waals surface area contributed by atoms with Gasteiger partial charge in [-0.2, -0.15) is 4.98 Å². The van der Waals surface area contributed by atoms with Crippen molar-refractivity contribution in [2.24, 2.45) is 5.84 Å². The number of ether oxygens (including phenoxy) is 1. The fraction of sp³-hybridized carbons (Fsp3) is 0. The Kier molecular flexibility index (Phi) is 3.50. The molecular formula is C10H8BrFN4O. The zero-order valence-corrected chi connectivity index (χ0v) is 10.1. The summed E-state index contributed by atoms with van der Waals surface area (Å²) in [5, 5.41) is 0. The maximum Gasteiger partial charge on any atom is 0.240 e. The Morgan fingerprint density at radius 1 is 1.29 bits per heavy atom. The van der Waals surface area contributed by atoms with Crippen LogP contribution in [0.3, 0.4) is 0 Å². The van der Waals surface area contributed by atoms with E-state index in [0.717, 1.165) is 0 Å². The Bertz CT molecular complexity index is 520. The third kappa shape index (κ3) is 2.89. The van der Waals surface area contributed by atoms with E-state index in [0.29, 0.717) is 16.1 Å². The molecule has 0 saturated carbocycles. The van der Waals surface area contributed by atoms with Crippen molar-refractivity contribution >= 4 is 21.9 Å². The summed E-state index contributed by atoms with van der Waals surface area (Å²) < 4.78 is 18.7. The van der Waals surface area contributed by atoms with Gasteiger partial charge in [-0.05, 0) is 40.2 Å². The van der Waals surface area contributed by atoms with Crippen LogP contribution in [0.2, 0.25) is 0 Å². The molecule has 88 valence electrons. The van der Waals surface area contributed by atoms with Crippen molar-refractivity contribution in [2.45, 2.75) is 0 Å². The lowest BCUT2D eigenvalue weighted by Crippen LogP contribution is -2.10. The summed E-state index contributed by atoms with van der Waals surface area (Å²) in [7, 11) is 0. The molecule has 5 nitrogen and oxygen atoms in total. The monoisotopic (exact) mass is 298 g/mol. The van der Waals surface area contributed by atoms with Gasteiger partial charge in [-0.3, -0.25) is 5.43 Å². The van der Waals surface area contributed by atoms with Crippen molar-refractivity contribution in [1.29, 1.82) is 0 Å². The summed E-state index contributed by atoms with van der Waals surface area (Å²) in [6.07, 6.45) is 1.50. The Morgan fingerprint density at radius 2 is 2.00 bits per heavy atom. The van der Waals surface area contributed by atoms with E-state index in [1.54, 1.807) is 0 Å². The molecule has 2 aromatic rings. The Morgan fingerprint density at radius 3 is 2.65 bits per heavy atom. The summed E-state index contributed by atoms with van der Waals surface area (Å²) >= 11 is 3.24. The first-order chi connectivity index (χ1) is 8.19. The minimum atomic E-state index is -0.330. The molecule has 0 fully saturated rings. The number of nitrogen functional groups attached to an aromatic ring is 1. The predicted octanol–water partition coefficient (Wildman–Crippen LogP) is 2.46. The molecule has 0 aliphatic rings. The largest absolute Gasteiger partial charge is 0.438 e. The molecule has 1 aromatic heterocycles. The first-order valence-electron chi connectivity index (χ1n) is 4.61. The molecular weight excluding hydrogens is 291 g/mol. The average Bonchev–Trinajstić information content (AvgIpc) is 2.35. The lowest BCUT2D eigenvalue weighted by atomic mass is 10.3. The molecule has 0 amide bonds. The SMILES string of the molecule is NNc1ncc(Br)c(Oc2ccc(F)cc2)n1. The molecule has 3 N–H and O–H groups in total. The second-order valence-electron chi connectivity index (χ2n) is 3.05. The molecule has 0 unspecified atom stereocenters. The number of rotatable bonds is 3. The number of hydrogen-bond donors (Lipinski definition) is 2. The number of anilines is 1. The van der Waals surface area contributed by atoms with Crippen molar-refractivity contribution in [2.75, 3.05) is 5.43 Å². The third-order valence-corrected chi connectivity index (χ3v) is 2.41. The number of nitrogens with two attached hydrogens (primary N) is 1. The van der Waals surface area contributed by atoms with Crippen LogP contribution in [0.25, 0.3) is 0 Å². The normalized spacial score (nSPS) is 10.1. The van der Waals surface area contributed by atoms with Gasteiger partial charge in [0, 0.05) is 0 Å². The van der Waals surface area contributed by atoms with E-state index in [1.807, 2.05) is 0 Å². The van der Waals surface area contributed by atoms with Gasteiger partial charge in [0.2, 0.25) is 11.8 Å². The average molecular weight is 299 g/mol. The van der Waals surface area contributed by atoms with E-state index >= 15 is 0 Å². The molecule has 1 heterocycles. The molecule has 1 aromatic carbocycles. The quantitative estimate of drug-likeness (QED) is 0.673. The Hall–Kier alpha value is -1.73. The maximum absolute atomic E-state index is 12.7. The molecule has 0 aliphatic carbocycles. The number of benzene rings is 1. The van der Waals surface area contributed by atoms with Crippen LogP contribution < -0.4 is 16.0 Å². The van der Waals surface area contributed by atoms with Crippen LogP contribution in [0.1, 0.15) is 0 Å². The highest BCUT2D eigenvalue weighted by atomic mass is 79.9. The van der Waals surface area contributed by atoms with Gasteiger partial charge >= 0.3 is 0 Å². The standard InChI is InChI=1S/C10H8BrFN4O/c11-8-5-14-10(16-13)15-9(8)17-7-3-1-6(12)2-4-7/h1-5H,13H2,(H,14,15,16). The minimum Gasteiger partial charge on any atom is -0.438 e. The molecule has 0 bridgehead atoms. The molecule has 2 rings (SSSR count). The van der Waals surface area contributed by atoms with Crippen LogP contribution in [0.5, 0.6) is 11.6 Å². The van der Waals surface area contributed by atoms with Gasteiger partial charge in [0.05, 0.1) is 10.7 Å². The van der Waals surface area contributed by atoms with Crippen LogP contribution in [-0.4, -0.2) is 9.97 Å². The van der Waals surface area contributed by atoms with Crippen LogP contribution in [-0.2, 0) is 0 Å². The third-order valence-electron chi connectivity index (χ3n) is 1.87. The molecule has 0 spiro atoms. The van der Waals surface area contributed by atoms with Gasteiger partial charge in [-0.1, -0.05) is 0 Å². The van der Waals surface area contributed by atoms with Crippen LogP contribution >= 0.6 is 15.9 Å². The maximum atomic E-state index is 12.7. The van der Waals surface area contributed by atoms with E-state index < -0.39 is 0 Å². The van der Waals surface area contributed by atoms with E-state index in [4.69, 9.17) is 10.6 Å². The van der Waals surface area contributed by atoms with Gasteiger partial charge in [-0.25, -0.2) is 15.2 Å². The summed E-state index contributed by atoms with van der Waals surface area (Å²) in [6.45, 7) is 0. The zero-order valence-electron chi connectivity index (χ0n) is 8.52. The van der Waals surface area contributed by atoms with Crippen LogP contribution in [0.4, 0.5) is 10.3 Å². The van der Waals surface area contributed by atoms with Crippen molar-refractivity contribution in [3.63, 3.8) is 0 Å². The number of nitrogens with zero attached hydrogens (tertiary/aromatic N) is 2. The van der Waals surface area contributed by atoms with E-state index in [9.17, 15) is 4.39 Å². The van der Waals surface area contributed by atoms with Crippen molar-refractivity contribution in [3.05, 3.63) is 40.8 Å². The number of hydrazine groups is 1. The van der Waals surface area contributed by atoms with Crippen molar-refractivity contribution in [3.8, 4) is 11.6 Å². The molecule has 7 heteroatoms. The van der Waals surface area contributed by atoms with E-state index in [2.05, 4.69) is 31.3 Å². The predicted molar refractivity (Wildman–Crippen MR) is 64.0 cm³/mol. The number of nitrogens with one attached hydrogen (secondary N) is 1. The highest BCUT2D eigenvalue weighted by molar-refractivity contribution is 9.10. The van der Waals surface area contributed by atoms with Gasteiger partial charge in [0.1, 0.15) is 11.6 Å². The zero-order chi connectivity index (χ0) is 12.3.